The van der Waals surface area contributed by atoms with Crippen molar-refractivity contribution in [3.63, 3.8) is 0 Å². The molecule has 0 fully saturated rings. The maximum Gasteiger partial charge on any atom is 0.358 e. The van der Waals surface area contributed by atoms with Crippen LogP contribution in [0.5, 0.6) is 0 Å². The van der Waals surface area contributed by atoms with Gasteiger partial charge in [-0.1, -0.05) is 30.3 Å². The van der Waals surface area contributed by atoms with Gasteiger partial charge in [-0.05, 0) is 18.6 Å². The van der Waals surface area contributed by atoms with Crippen molar-refractivity contribution in [3.8, 4) is 10.8 Å². The number of nitrogens with two attached hydrogens (primary N) is 1. The van der Waals surface area contributed by atoms with Crippen molar-refractivity contribution in [2.24, 2.45) is 0 Å². The number of hydrogen-bond donors (Lipinski definition) is 1. The third kappa shape index (κ3) is 4.92. The summed E-state index contributed by atoms with van der Waals surface area (Å²) >= 11 is 1.14. The van der Waals surface area contributed by atoms with E-state index in [1.54, 1.807) is 49.6 Å². The van der Waals surface area contributed by atoms with E-state index >= 15 is 0 Å². The lowest BCUT2D eigenvalue weighted by Crippen LogP contribution is -2.44. The van der Waals surface area contributed by atoms with Crippen molar-refractivity contribution in [2.45, 2.75) is 20.0 Å². The van der Waals surface area contributed by atoms with Crippen LogP contribution in [0.3, 0.4) is 0 Å². The lowest BCUT2D eigenvalue weighted by atomic mass is 10.2. The summed E-state index contributed by atoms with van der Waals surface area (Å²) in [5.41, 5.74) is 4.96. The quantitative estimate of drug-likeness (QED) is 0.286. The fourth-order valence-electron chi connectivity index (χ4n) is 3.33. The number of esters is 1. The number of ketones is 1. The molecule has 1 aromatic carbocycles. The smallest absolute Gasteiger partial charge is 0.358 e. The number of rotatable bonds is 8. The maximum absolute atomic E-state index is 12.9. The molecule has 0 bridgehead atoms. The number of hydrogen-bond acceptors (Lipinski definition) is 10. The summed E-state index contributed by atoms with van der Waals surface area (Å²) in [5.74, 6) is -1.62. The van der Waals surface area contributed by atoms with Gasteiger partial charge in [0.15, 0.2) is 23.1 Å². The summed E-state index contributed by atoms with van der Waals surface area (Å²) in [6.07, 6.45) is 3.09. The predicted molar refractivity (Wildman–Crippen MR) is 128 cm³/mol. The monoisotopic (exact) mass is 492 g/mol. The third-order valence-corrected chi connectivity index (χ3v) is 5.89. The van der Waals surface area contributed by atoms with Crippen LogP contribution in [-0.4, -0.2) is 42.4 Å². The molecular weight excluding hydrogens is 472 g/mol. The van der Waals surface area contributed by atoms with Gasteiger partial charge in [0.05, 0.1) is 6.54 Å². The van der Waals surface area contributed by atoms with Gasteiger partial charge in [-0.15, -0.1) is 11.3 Å². The Morgan fingerprint density at radius 3 is 2.46 bits per heavy atom. The van der Waals surface area contributed by atoms with Gasteiger partial charge >= 0.3 is 11.7 Å². The molecule has 3 heterocycles. The summed E-state index contributed by atoms with van der Waals surface area (Å²) in [4.78, 5) is 63.3. The molecule has 0 unspecified atom stereocenters. The first-order chi connectivity index (χ1) is 16.9. The molecule has 3 aromatic heterocycles. The highest BCUT2D eigenvalue weighted by Gasteiger charge is 2.24. The summed E-state index contributed by atoms with van der Waals surface area (Å²) in [5, 5.41) is 1.86. The molecule has 0 saturated carbocycles. The van der Waals surface area contributed by atoms with Crippen LogP contribution in [0.25, 0.3) is 10.8 Å². The van der Waals surface area contributed by atoms with Gasteiger partial charge in [0.1, 0.15) is 11.4 Å². The second-order valence-electron chi connectivity index (χ2n) is 7.27. The fourth-order valence-corrected chi connectivity index (χ4v) is 4.07. The molecule has 178 valence electrons. The Morgan fingerprint density at radius 2 is 1.77 bits per heavy atom. The van der Waals surface area contributed by atoms with Gasteiger partial charge in [-0.3, -0.25) is 18.7 Å². The summed E-state index contributed by atoms with van der Waals surface area (Å²) in [6, 6.07) is 10.7. The van der Waals surface area contributed by atoms with Crippen LogP contribution in [0, 0.1) is 0 Å². The standard InChI is InChI=1S/C23H20N6O5S/c1-2-28-21(31)17(18(24)29(23(28)33)11-14-7-4-3-5-8-14)16(30)12-34-22(32)15-13-35-20(27-15)19-25-9-6-10-26-19/h3-10,13H,2,11-12,24H2,1H3. The predicted octanol–water partition coefficient (Wildman–Crippen LogP) is 1.61. The Bertz CT molecular complexity index is 1490. The first-order valence-corrected chi connectivity index (χ1v) is 11.4. The first kappa shape index (κ1) is 23.7. The number of carbonyl (C=O) groups excluding carboxylic acids is 2. The summed E-state index contributed by atoms with van der Waals surface area (Å²) < 4.78 is 7.16. The number of benzene rings is 1. The third-order valence-electron chi connectivity index (χ3n) is 5.05. The van der Waals surface area contributed by atoms with E-state index in [1.165, 1.54) is 5.38 Å². The number of Topliss-reactive ketones (excluding diaryl/α,β-unsaturated/α-hetero) is 1. The molecule has 0 saturated heterocycles. The second kappa shape index (κ2) is 10.2. The van der Waals surface area contributed by atoms with Crippen LogP contribution >= 0.6 is 11.3 Å². The van der Waals surface area contributed by atoms with Crippen molar-refractivity contribution in [3.05, 3.63) is 91.8 Å². The molecular formula is C23H20N6O5S. The minimum absolute atomic E-state index is 0.0294. The molecule has 35 heavy (non-hydrogen) atoms. The van der Waals surface area contributed by atoms with E-state index in [0.717, 1.165) is 26.0 Å². The number of nitrogen functional groups attached to an aromatic ring is 1. The molecule has 0 spiro atoms. The van der Waals surface area contributed by atoms with Gasteiger partial charge in [0.2, 0.25) is 5.78 Å². The van der Waals surface area contributed by atoms with E-state index in [2.05, 4.69) is 15.0 Å². The minimum atomic E-state index is -0.858. The average molecular weight is 493 g/mol. The second-order valence-corrected chi connectivity index (χ2v) is 8.13. The van der Waals surface area contributed by atoms with Crippen molar-refractivity contribution in [2.75, 3.05) is 12.3 Å². The van der Waals surface area contributed by atoms with Crippen LogP contribution in [-0.2, 0) is 17.8 Å². The number of ether oxygens (including phenoxy) is 1. The largest absolute Gasteiger partial charge is 0.453 e. The van der Waals surface area contributed by atoms with Gasteiger partial charge in [-0.25, -0.2) is 24.5 Å². The Labute approximate surface area is 202 Å². The number of thiazole rings is 1. The Kier molecular flexibility index (Phi) is 6.92. The normalized spacial score (nSPS) is 10.8. The molecule has 11 nitrogen and oxygen atoms in total. The molecule has 0 radical (unpaired) electrons. The zero-order valence-electron chi connectivity index (χ0n) is 18.6. The number of nitrogens with zero attached hydrogens (tertiary/aromatic N) is 5. The van der Waals surface area contributed by atoms with Gasteiger partial charge in [-0.2, -0.15) is 0 Å². The number of anilines is 1. The topological polar surface area (TPSA) is 152 Å². The van der Waals surface area contributed by atoms with Crippen molar-refractivity contribution in [1.82, 2.24) is 24.1 Å². The van der Waals surface area contributed by atoms with E-state index in [0.29, 0.717) is 10.8 Å². The van der Waals surface area contributed by atoms with Crippen molar-refractivity contribution < 1.29 is 14.3 Å². The van der Waals surface area contributed by atoms with Crippen molar-refractivity contribution in [1.29, 1.82) is 0 Å². The number of carbonyl (C=O) groups is 2. The molecule has 0 atom stereocenters. The molecule has 0 aliphatic carbocycles. The highest BCUT2D eigenvalue weighted by atomic mass is 32.1. The fraction of sp³-hybridized carbons (Fsp3) is 0.174. The SMILES string of the molecule is CCn1c(=O)c(C(=O)COC(=O)c2csc(-c3ncccn3)n2)c(N)n(Cc2ccccc2)c1=O. The maximum atomic E-state index is 12.9. The Morgan fingerprint density at radius 1 is 1.06 bits per heavy atom. The average Bonchev–Trinajstić information content (AvgIpc) is 3.37. The van der Waals surface area contributed by atoms with Crippen LogP contribution in [0.15, 0.2) is 63.8 Å². The van der Waals surface area contributed by atoms with E-state index in [-0.39, 0.29) is 24.6 Å². The Hall–Kier alpha value is -4.45. The number of aromatic nitrogens is 5. The van der Waals surface area contributed by atoms with Gasteiger partial charge in [0.25, 0.3) is 5.56 Å². The first-order valence-electron chi connectivity index (χ1n) is 10.5. The molecule has 0 aliphatic rings. The Balaban J connectivity index is 1.57. The van der Waals surface area contributed by atoms with Crippen LogP contribution in [0.2, 0.25) is 0 Å². The highest BCUT2D eigenvalue weighted by molar-refractivity contribution is 7.13. The zero-order chi connectivity index (χ0) is 24.9. The van der Waals surface area contributed by atoms with E-state index < -0.39 is 35.2 Å². The van der Waals surface area contributed by atoms with Gasteiger partial charge in [0, 0.05) is 24.3 Å². The summed E-state index contributed by atoms with van der Waals surface area (Å²) in [7, 11) is 0. The van der Waals surface area contributed by atoms with Crippen LogP contribution in [0.4, 0.5) is 5.82 Å². The van der Waals surface area contributed by atoms with E-state index in [9.17, 15) is 19.2 Å². The molecule has 12 heteroatoms. The van der Waals surface area contributed by atoms with Crippen LogP contribution in [0.1, 0.15) is 33.3 Å². The lowest BCUT2D eigenvalue weighted by molar-refractivity contribution is 0.0469. The van der Waals surface area contributed by atoms with E-state index in [4.69, 9.17) is 10.5 Å². The summed E-state index contributed by atoms with van der Waals surface area (Å²) in [6.45, 7) is 0.960. The van der Waals surface area contributed by atoms with E-state index in [1.807, 2.05) is 6.07 Å². The molecule has 0 amide bonds. The molecule has 4 aromatic rings. The molecule has 4 rings (SSSR count). The van der Waals surface area contributed by atoms with Gasteiger partial charge < -0.3 is 10.5 Å². The van der Waals surface area contributed by atoms with Crippen molar-refractivity contribution >= 4 is 28.9 Å². The van der Waals surface area contributed by atoms with Crippen LogP contribution < -0.4 is 17.0 Å². The zero-order valence-corrected chi connectivity index (χ0v) is 19.4. The lowest BCUT2D eigenvalue weighted by Gasteiger charge is -2.15. The highest BCUT2D eigenvalue weighted by Crippen LogP contribution is 2.20. The molecule has 0 aliphatic heterocycles. The molecule has 2 N–H and O–H groups in total. The minimum Gasteiger partial charge on any atom is -0.453 e.